The van der Waals surface area contributed by atoms with Gasteiger partial charge in [-0.1, -0.05) is 12.1 Å². The fourth-order valence-electron chi connectivity index (χ4n) is 2.70. The average Bonchev–Trinajstić information content (AvgIpc) is 3.16. The van der Waals surface area contributed by atoms with E-state index in [-0.39, 0.29) is 11.6 Å². The number of halogens is 1. The molecule has 0 aliphatic rings. The minimum atomic E-state index is -0.307. The van der Waals surface area contributed by atoms with E-state index < -0.39 is 0 Å². The lowest BCUT2D eigenvalue weighted by Crippen LogP contribution is -2.04. The Morgan fingerprint density at radius 3 is 2.04 bits per heavy atom. The summed E-state index contributed by atoms with van der Waals surface area (Å²) in [4.78, 5) is 15.8. The standard InChI is InChI=1S/C20H18FNO4/c1-24-17-9-13(10-18(25-2)20(17)26-3)19(23)16-8-14(11-22-16)12-4-6-15(21)7-5-12/h4-11,22H,1-3H3. The van der Waals surface area contributed by atoms with Gasteiger partial charge < -0.3 is 19.2 Å². The molecule has 0 radical (unpaired) electrons. The summed E-state index contributed by atoms with van der Waals surface area (Å²) in [7, 11) is 4.49. The number of aromatic amines is 1. The van der Waals surface area contributed by atoms with Crippen LogP contribution in [0.25, 0.3) is 11.1 Å². The maximum absolute atomic E-state index is 13.1. The number of methoxy groups -OCH3 is 3. The van der Waals surface area contributed by atoms with Gasteiger partial charge in [0.15, 0.2) is 11.5 Å². The predicted octanol–water partition coefficient (Wildman–Crippen LogP) is 4.08. The summed E-state index contributed by atoms with van der Waals surface area (Å²) < 4.78 is 28.9. The van der Waals surface area contributed by atoms with Crippen LogP contribution in [0, 0.1) is 5.82 Å². The molecule has 6 heteroatoms. The second-order valence-electron chi connectivity index (χ2n) is 5.55. The van der Waals surface area contributed by atoms with Crippen LogP contribution in [0.1, 0.15) is 16.1 Å². The normalized spacial score (nSPS) is 10.5. The molecule has 0 saturated heterocycles. The van der Waals surface area contributed by atoms with Gasteiger partial charge in [0.25, 0.3) is 0 Å². The van der Waals surface area contributed by atoms with E-state index in [1.807, 2.05) is 0 Å². The van der Waals surface area contributed by atoms with Crippen molar-refractivity contribution in [2.75, 3.05) is 21.3 Å². The molecule has 3 rings (SSSR count). The topological polar surface area (TPSA) is 60.6 Å². The molecule has 0 fully saturated rings. The lowest BCUT2D eigenvalue weighted by atomic mass is 10.0. The molecule has 1 N–H and O–H groups in total. The zero-order valence-corrected chi connectivity index (χ0v) is 14.6. The van der Waals surface area contributed by atoms with Crippen LogP contribution in [-0.2, 0) is 0 Å². The van der Waals surface area contributed by atoms with Gasteiger partial charge in [-0.3, -0.25) is 4.79 Å². The van der Waals surface area contributed by atoms with Crippen LogP contribution in [0.2, 0.25) is 0 Å². The average molecular weight is 355 g/mol. The van der Waals surface area contributed by atoms with Crippen LogP contribution in [0.4, 0.5) is 4.39 Å². The van der Waals surface area contributed by atoms with E-state index in [1.54, 1.807) is 36.5 Å². The predicted molar refractivity (Wildman–Crippen MR) is 95.7 cm³/mol. The van der Waals surface area contributed by atoms with E-state index >= 15 is 0 Å². The Morgan fingerprint density at radius 1 is 0.885 bits per heavy atom. The number of hydrogen-bond acceptors (Lipinski definition) is 4. The number of ether oxygens (including phenoxy) is 3. The minimum absolute atomic E-state index is 0.224. The van der Waals surface area contributed by atoms with Gasteiger partial charge >= 0.3 is 0 Å². The molecule has 0 saturated carbocycles. The highest BCUT2D eigenvalue weighted by Gasteiger charge is 2.19. The molecule has 0 atom stereocenters. The third-order valence-corrected chi connectivity index (χ3v) is 4.03. The lowest BCUT2D eigenvalue weighted by molar-refractivity contribution is 0.103. The molecule has 5 nitrogen and oxygen atoms in total. The van der Waals surface area contributed by atoms with Crippen molar-refractivity contribution in [3.8, 4) is 28.4 Å². The van der Waals surface area contributed by atoms with Crippen molar-refractivity contribution in [3.63, 3.8) is 0 Å². The van der Waals surface area contributed by atoms with Crippen molar-refractivity contribution in [1.82, 2.24) is 4.98 Å². The number of nitrogens with one attached hydrogen (secondary N) is 1. The highest BCUT2D eigenvalue weighted by atomic mass is 19.1. The Bertz CT molecular complexity index is 906. The summed E-state index contributed by atoms with van der Waals surface area (Å²) in [6.07, 6.45) is 1.71. The molecule has 0 aliphatic heterocycles. The van der Waals surface area contributed by atoms with E-state index in [0.717, 1.165) is 11.1 Å². The van der Waals surface area contributed by atoms with Gasteiger partial charge in [-0.2, -0.15) is 0 Å². The molecule has 0 unspecified atom stereocenters. The maximum Gasteiger partial charge on any atom is 0.209 e. The first kappa shape index (κ1) is 17.5. The summed E-state index contributed by atoms with van der Waals surface area (Å²) in [5, 5.41) is 0. The minimum Gasteiger partial charge on any atom is -0.493 e. The van der Waals surface area contributed by atoms with Gasteiger partial charge in [-0.15, -0.1) is 0 Å². The quantitative estimate of drug-likeness (QED) is 0.677. The molecule has 1 aromatic heterocycles. The maximum atomic E-state index is 13.1. The number of carbonyl (C=O) groups excluding carboxylic acids is 1. The highest BCUT2D eigenvalue weighted by molar-refractivity contribution is 6.09. The third kappa shape index (κ3) is 3.26. The van der Waals surface area contributed by atoms with Crippen LogP contribution < -0.4 is 14.2 Å². The van der Waals surface area contributed by atoms with Crippen molar-refractivity contribution in [2.24, 2.45) is 0 Å². The molecule has 26 heavy (non-hydrogen) atoms. The van der Waals surface area contributed by atoms with Crippen molar-refractivity contribution < 1.29 is 23.4 Å². The number of ketones is 1. The second-order valence-corrected chi connectivity index (χ2v) is 5.55. The summed E-state index contributed by atoms with van der Waals surface area (Å²) in [6.45, 7) is 0. The first-order valence-corrected chi connectivity index (χ1v) is 7.86. The molecule has 0 amide bonds. The molecule has 2 aromatic carbocycles. The van der Waals surface area contributed by atoms with Gasteiger partial charge in [0.05, 0.1) is 27.0 Å². The van der Waals surface area contributed by atoms with E-state index in [2.05, 4.69) is 4.98 Å². The Kier molecular flexibility index (Phi) is 4.93. The zero-order valence-electron chi connectivity index (χ0n) is 14.6. The van der Waals surface area contributed by atoms with Crippen LogP contribution >= 0.6 is 0 Å². The first-order chi connectivity index (χ1) is 12.6. The zero-order chi connectivity index (χ0) is 18.7. The molecule has 0 aliphatic carbocycles. The Morgan fingerprint density at radius 2 is 1.50 bits per heavy atom. The van der Waals surface area contributed by atoms with Gasteiger partial charge in [0.1, 0.15) is 5.82 Å². The number of H-pyrrole nitrogens is 1. The number of aromatic nitrogens is 1. The smallest absolute Gasteiger partial charge is 0.209 e. The van der Waals surface area contributed by atoms with Crippen LogP contribution in [0.15, 0.2) is 48.7 Å². The van der Waals surface area contributed by atoms with Crippen molar-refractivity contribution in [3.05, 3.63) is 65.7 Å². The molecule has 134 valence electrons. The molecule has 0 spiro atoms. The van der Waals surface area contributed by atoms with Crippen LogP contribution in [-0.4, -0.2) is 32.1 Å². The lowest BCUT2D eigenvalue weighted by Gasteiger charge is -2.13. The van der Waals surface area contributed by atoms with Crippen LogP contribution in [0.3, 0.4) is 0 Å². The first-order valence-electron chi connectivity index (χ1n) is 7.86. The fraction of sp³-hybridized carbons (Fsp3) is 0.150. The van der Waals surface area contributed by atoms with E-state index in [4.69, 9.17) is 14.2 Å². The summed E-state index contributed by atoms with van der Waals surface area (Å²) in [5.74, 6) is 0.696. The fourth-order valence-corrected chi connectivity index (χ4v) is 2.70. The van der Waals surface area contributed by atoms with Gasteiger partial charge in [-0.25, -0.2) is 4.39 Å². The molecule has 3 aromatic rings. The molecule has 0 bridgehead atoms. The summed E-state index contributed by atoms with van der Waals surface area (Å²) in [6, 6.07) is 11.0. The summed E-state index contributed by atoms with van der Waals surface area (Å²) >= 11 is 0. The van der Waals surface area contributed by atoms with E-state index in [9.17, 15) is 9.18 Å². The molecular formula is C20H18FNO4. The number of benzene rings is 2. The second kappa shape index (κ2) is 7.31. The summed E-state index contributed by atoms with van der Waals surface area (Å²) in [5.41, 5.74) is 2.40. The SMILES string of the molecule is COc1cc(C(=O)c2cc(-c3ccc(F)cc3)c[nH]2)cc(OC)c1OC. The number of rotatable bonds is 6. The van der Waals surface area contributed by atoms with Gasteiger partial charge in [0.2, 0.25) is 11.5 Å². The van der Waals surface area contributed by atoms with E-state index in [1.165, 1.54) is 33.5 Å². The number of hydrogen-bond donors (Lipinski definition) is 1. The third-order valence-electron chi connectivity index (χ3n) is 4.03. The highest BCUT2D eigenvalue weighted by Crippen LogP contribution is 2.38. The van der Waals surface area contributed by atoms with Gasteiger partial charge in [-0.05, 0) is 41.5 Å². The monoisotopic (exact) mass is 355 g/mol. The van der Waals surface area contributed by atoms with Gasteiger partial charge in [0, 0.05) is 11.8 Å². The van der Waals surface area contributed by atoms with Crippen LogP contribution in [0.5, 0.6) is 17.2 Å². The molecule has 1 heterocycles. The Hall–Kier alpha value is -3.28. The Labute approximate surface area is 150 Å². The van der Waals surface area contributed by atoms with E-state index in [0.29, 0.717) is 28.5 Å². The largest absolute Gasteiger partial charge is 0.493 e. The molecular weight excluding hydrogens is 337 g/mol. The van der Waals surface area contributed by atoms with Crippen molar-refractivity contribution in [2.45, 2.75) is 0 Å². The van der Waals surface area contributed by atoms with Crippen molar-refractivity contribution in [1.29, 1.82) is 0 Å². The van der Waals surface area contributed by atoms with Crippen molar-refractivity contribution >= 4 is 5.78 Å². The number of carbonyl (C=O) groups is 1. The Balaban J connectivity index is 1.96.